The van der Waals surface area contributed by atoms with E-state index in [2.05, 4.69) is 10.6 Å². The first kappa shape index (κ1) is 20.5. The van der Waals surface area contributed by atoms with E-state index in [4.69, 9.17) is 4.74 Å². The Kier molecular flexibility index (Phi) is 6.92. The van der Waals surface area contributed by atoms with Crippen molar-refractivity contribution in [2.75, 3.05) is 17.7 Å². The van der Waals surface area contributed by atoms with Gasteiger partial charge in [0, 0.05) is 17.5 Å². The molecule has 2 amide bonds. The van der Waals surface area contributed by atoms with Gasteiger partial charge < -0.3 is 15.4 Å². The third-order valence-corrected chi connectivity index (χ3v) is 5.38. The first-order chi connectivity index (χ1) is 14.1. The fourth-order valence-electron chi connectivity index (χ4n) is 2.82. The van der Waals surface area contributed by atoms with Gasteiger partial charge in [0.25, 0.3) is 0 Å². The molecule has 3 rings (SSSR count). The summed E-state index contributed by atoms with van der Waals surface area (Å²) < 4.78 is 5.38. The molecule has 5 nitrogen and oxygen atoms in total. The molecule has 3 aromatic rings. The lowest BCUT2D eigenvalue weighted by Crippen LogP contribution is -2.19. The molecular formula is C23H22N2O3S. The Balaban J connectivity index is 1.89. The third kappa shape index (κ3) is 5.62. The fourth-order valence-corrected chi connectivity index (χ4v) is 3.87. The molecule has 1 atom stereocenters. The summed E-state index contributed by atoms with van der Waals surface area (Å²) in [5.41, 5.74) is 1.98. The number of benzene rings is 3. The molecule has 6 heteroatoms. The third-order valence-electron chi connectivity index (χ3n) is 4.12. The van der Waals surface area contributed by atoms with Gasteiger partial charge in [-0.3, -0.25) is 9.59 Å². The number of carbonyl (C=O) groups excluding carboxylic acids is 2. The minimum Gasteiger partial charge on any atom is -0.495 e. The summed E-state index contributed by atoms with van der Waals surface area (Å²) in [6.45, 7) is 1.43. The van der Waals surface area contributed by atoms with Gasteiger partial charge in [0.05, 0.1) is 12.8 Å². The van der Waals surface area contributed by atoms with Gasteiger partial charge in [0.2, 0.25) is 11.8 Å². The van der Waals surface area contributed by atoms with Crippen LogP contribution in [0.5, 0.6) is 5.75 Å². The van der Waals surface area contributed by atoms with Crippen molar-refractivity contribution < 1.29 is 14.3 Å². The topological polar surface area (TPSA) is 67.4 Å². The minimum atomic E-state index is -0.451. The minimum absolute atomic E-state index is 0.177. The van der Waals surface area contributed by atoms with Crippen LogP contribution in [-0.2, 0) is 9.59 Å². The number of thioether (sulfide) groups is 1. The molecule has 148 valence electrons. The van der Waals surface area contributed by atoms with Gasteiger partial charge in [-0.1, -0.05) is 48.5 Å². The SMILES string of the molecule is COc1ccc(NC(C)=O)cc1NC(=O)C(Sc1ccccc1)c1ccccc1. The summed E-state index contributed by atoms with van der Waals surface area (Å²) in [5, 5.41) is 5.23. The van der Waals surface area contributed by atoms with E-state index < -0.39 is 5.25 Å². The van der Waals surface area contributed by atoms with Crippen LogP contribution in [0.2, 0.25) is 0 Å². The Morgan fingerprint density at radius 1 is 0.897 bits per heavy atom. The van der Waals surface area contributed by atoms with E-state index in [1.54, 1.807) is 18.2 Å². The highest BCUT2D eigenvalue weighted by atomic mass is 32.2. The van der Waals surface area contributed by atoms with Crippen LogP contribution in [0.3, 0.4) is 0 Å². The number of carbonyl (C=O) groups is 2. The van der Waals surface area contributed by atoms with Crippen LogP contribution in [0, 0.1) is 0 Å². The Hall–Kier alpha value is -3.25. The molecule has 3 aromatic carbocycles. The van der Waals surface area contributed by atoms with E-state index in [0.717, 1.165) is 10.5 Å². The van der Waals surface area contributed by atoms with Crippen molar-refractivity contribution in [1.29, 1.82) is 0 Å². The number of rotatable bonds is 7. The normalized spacial score (nSPS) is 11.4. The van der Waals surface area contributed by atoms with Crippen LogP contribution in [0.15, 0.2) is 83.8 Å². The average Bonchev–Trinajstić information content (AvgIpc) is 2.73. The lowest BCUT2D eigenvalue weighted by molar-refractivity contribution is -0.116. The molecule has 2 N–H and O–H groups in total. The molecule has 0 spiro atoms. The van der Waals surface area contributed by atoms with Gasteiger partial charge in [-0.25, -0.2) is 0 Å². The van der Waals surface area contributed by atoms with E-state index in [-0.39, 0.29) is 11.8 Å². The van der Waals surface area contributed by atoms with Crippen LogP contribution < -0.4 is 15.4 Å². The second-order valence-electron chi connectivity index (χ2n) is 6.31. The maximum Gasteiger partial charge on any atom is 0.242 e. The lowest BCUT2D eigenvalue weighted by atomic mass is 10.1. The van der Waals surface area contributed by atoms with Crippen LogP contribution >= 0.6 is 11.8 Å². The largest absolute Gasteiger partial charge is 0.495 e. The Morgan fingerprint density at radius 3 is 2.17 bits per heavy atom. The summed E-state index contributed by atoms with van der Waals surface area (Å²) in [4.78, 5) is 25.6. The molecule has 1 unspecified atom stereocenters. The van der Waals surface area contributed by atoms with Crippen LogP contribution in [0.4, 0.5) is 11.4 Å². The number of hydrogen-bond donors (Lipinski definition) is 2. The van der Waals surface area contributed by atoms with Crippen LogP contribution in [0.1, 0.15) is 17.7 Å². The molecule has 0 heterocycles. The van der Waals surface area contributed by atoms with Crippen molar-refractivity contribution in [3.63, 3.8) is 0 Å². The zero-order valence-corrected chi connectivity index (χ0v) is 17.0. The van der Waals surface area contributed by atoms with Crippen molar-refractivity contribution in [2.45, 2.75) is 17.1 Å². The van der Waals surface area contributed by atoms with E-state index in [1.807, 2.05) is 60.7 Å². The summed E-state index contributed by atoms with van der Waals surface area (Å²) >= 11 is 1.47. The summed E-state index contributed by atoms with van der Waals surface area (Å²) in [7, 11) is 1.54. The van der Waals surface area contributed by atoms with E-state index in [1.165, 1.54) is 25.8 Å². The van der Waals surface area contributed by atoms with Gasteiger partial charge in [0.1, 0.15) is 11.0 Å². The molecule has 0 saturated carbocycles. The molecule has 0 aliphatic heterocycles. The average molecular weight is 407 g/mol. The second-order valence-corrected chi connectivity index (χ2v) is 7.49. The molecule has 0 fully saturated rings. The molecule has 0 radical (unpaired) electrons. The van der Waals surface area contributed by atoms with E-state index in [0.29, 0.717) is 17.1 Å². The number of hydrogen-bond acceptors (Lipinski definition) is 4. The first-order valence-electron chi connectivity index (χ1n) is 9.10. The number of methoxy groups -OCH3 is 1. The Morgan fingerprint density at radius 2 is 1.55 bits per heavy atom. The van der Waals surface area contributed by atoms with Crippen molar-refractivity contribution in [3.05, 3.63) is 84.4 Å². The van der Waals surface area contributed by atoms with Crippen LogP contribution in [0.25, 0.3) is 0 Å². The zero-order chi connectivity index (χ0) is 20.6. The molecule has 0 aliphatic carbocycles. The lowest BCUT2D eigenvalue weighted by Gasteiger charge is -2.19. The van der Waals surface area contributed by atoms with Gasteiger partial charge in [0.15, 0.2) is 0 Å². The molecule has 0 bridgehead atoms. The molecule has 0 aliphatic rings. The maximum absolute atomic E-state index is 13.2. The highest BCUT2D eigenvalue weighted by Crippen LogP contribution is 2.37. The highest BCUT2D eigenvalue weighted by molar-refractivity contribution is 8.00. The number of amides is 2. The van der Waals surface area contributed by atoms with E-state index in [9.17, 15) is 9.59 Å². The Labute approximate surface area is 174 Å². The predicted octanol–water partition coefficient (Wildman–Crippen LogP) is 5.13. The van der Waals surface area contributed by atoms with Crippen molar-refractivity contribution in [1.82, 2.24) is 0 Å². The molecule has 29 heavy (non-hydrogen) atoms. The Bertz CT molecular complexity index is 978. The first-order valence-corrected chi connectivity index (χ1v) is 9.98. The summed E-state index contributed by atoms with van der Waals surface area (Å²) in [6, 6.07) is 24.5. The second kappa shape index (κ2) is 9.80. The monoisotopic (exact) mass is 406 g/mol. The van der Waals surface area contributed by atoms with Gasteiger partial charge in [-0.2, -0.15) is 0 Å². The molecule has 0 aromatic heterocycles. The molecular weight excluding hydrogens is 384 g/mol. The smallest absolute Gasteiger partial charge is 0.242 e. The van der Waals surface area contributed by atoms with Gasteiger partial charge in [-0.15, -0.1) is 11.8 Å². The molecule has 0 saturated heterocycles. The van der Waals surface area contributed by atoms with Crippen LogP contribution in [-0.4, -0.2) is 18.9 Å². The highest BCUT2D eigenvalue weighted by Gasteiger charge is 2.23. The summed E-state index contributed by atoms with van der Waals surface area (Å²) in [5.74, 6) is 0.154. The van der Waals surface area contributed by atoms with Crippen molar-refractivity contribution in [3.8, 4) is 5.75 Å². The predicted molar refractivity (Wildman–Crippen MR) is 117 cm³/mol. The van der Waals surface area contributed by atoms with Gasteiger partial charge >= 0.3 is 0 Å². The van der Waals surface area contributed by atoms with E-state index >= 15 is 0 Å². The number of ether oxygens (including phenoxy) is 1. The quantitative estimate of drug-likeness (QED) is 0.534. The zero-order valence-electron chi connectivity index (χ0n) is 16.2. The number of nitrogens with one attached hydrogen (secondary N) is 2. The maximum atomic E-state index is 13.2. The van der Waals surface area contributed by atoms with Crippen molar-refractivity contribution >= 4 is 35.0 Å². The van der Waals surface area contributed by atoms with Crippen molar-refractivity contribution in [2.24, 2.45) is 0 Å². The fraction of sp³-hybridized carbons (Fsp3) is 0.130. The standard InChI is InChI=1S/C23H22N2O3S/c1-16(26)24-18-13-14-21(28-2)20(15-18)25-23(27)22(17-9-5-3-6-10-17)29-19-11-7-4-8-12-19/h3-15,22H,1-2H3,(H,24,26)(H,25,27). The summed E-state index contributed by atoms with van der Waals surface area (Å²) in [6.07, 6.45) is 0. The number of anilines is 2. The van der Waals surface area contributed by atoms with Gasteiger partial charge in [-0.05, 0) is 35.9 Å².